The number of thiazole rings is 1. The van der Waals surface area contributed by atoms with Gasteiger partial charge in [-0.1, -0.05) is 6.07 Å². The second-order valence-corrected chi connectivity index (χ2v) is 3.79. The van der Waals surface area contributed by atoms with Crippen LogP contribution in [0.25, 0.3) is 10.7 Å². The summed E-state index contributed by atoms with van der Waals surface area (Å²) in [7, 11) is 0. The van der Waals surface area contributed by atoms with Crippen molar-refractivity contribution < 1.29 is 4.79 Å². The average molecular weight is 219 g/mol. The molecule has 0 spiro atoms. The Labute approximate surface area is 91.0 Å². The quantitative estimate of drug-likeness (QED) is 0.842. The number of hydrogen-bond donors (Lipinski definition) is 1. The van der Waals surface area contributed by atoms with E-state index < -0.39 is 0 Å². The number of anilines is 1. The third-order valence-electron chi connectivity index (χ3n) is 1.69. The highest BCUT2D eigenvalue weighted by atomic mass is 32.1. The highest BCUT2D eigenvalue weighted by molar-refractivity contribution is 7.13. The van der Waals surface area contributed by atoms with E-state index in [1.807, 2.05) is 18.2 Å². The molecule has 0 radical (unpaired) electrons. The number of aromatic nitrogens is 2. The summed E-state index contributed by atoms with van der Waals surface area (Å²) in [5, 5.41) is 5.23. The van der Waals surface area contributed by atoms with Gasteiger partial charge in [-0.2, -0.15) is 0 Å². The molecule has 0 aliphatic heterocycles. The van der Waals surface area contributed by atoms with Crippen LogP contribution < -0.4 is 5.32 Å². The number of rotatable bonds is 2. The van der Waals surface area contributed by atoms with Crippen molar-refractivity contribution in [3.8, 4) is 10.7 Å². The van der Waals surface area contributed by atoms with Crippen molar-refractivity contribution in [3.63, 3.8) is 0 Å². The van der Waals surface area contributed by atoms with Gasteiger partial charge in [-0.3, -0.25) is 9.78 Å². The van der Waals surface area contributed by atoms with E-state index in [9.17, 15) is 4.79 Å². The van der Waals surface area contributed by atoms with Gasteiger partial charge < -0.3 is 5.32 Å². The van der Waals surface area contributed by atoms with Gasteiger partial charge in [0.25, 0.3) is 0 Å². The van der Waals surface area contributed by atoms with Gasteiger partial charge >= 0.3 is 0 Å². The molecule has 4 nitrogen and oxygen atoms in total. The number of amides is 1. The lowest BCUT2D eigenvalue weighted by Crippen LogP contribution is -2.05. The molecule has 5 heteroatoms. The fourth-order valence-electron chi connectivity index (χ4n) is 1.12. The molecular weight excluding hydrogens is 210 g/mol. The molecule has 2 rings (SSSR count). The molecule has 0 saturated heterocycles. The Kier molecular flexibility index (Phi) is 2.73. The molecule has 0 atom stereocenters. The van der Waals surface area contributed by atoms with Gasteiger partial charge in [0.1, 0.15) is 10.8 Å². The number of hydrogen-bond acceptors (Lipinski definition) is 4. The fourth-order valence-corrected chi connectivity index (χ4v) is 1.85. The molecule has 0 aliphatic rings. The lowest BCUT2D eigenvalue weighted by atomic mass is 10.4. The lowest BCUT2D eigenvalue weighted by Gasteiger charge is -1.94. The zero-order chi connectivity index (χ0) is 10.7. The number of nitrogens with zero attached hydrogens (tertiary/aromatic N) is 2. The van der Waals surface area contributed by atoms with Crippen molar-refractivity contribution in [2.24, 2.45) is 0 Å². The van der Waals surface area contributed by atoms with Crippen LogP contribution in [0.4, 0.5) is 5.82 Å². The van der Waals surface area contributed by atoms with Crippen LogP contribution in [-0.2, 0) is 4.79 Å². The third-order valence-corrected chi connectivity index (χ3v) is 2.56. The highest BCUT2D eigenvalue weighted by Crippen LogP contribution is 2.23. The van der Waals surface area contributed by atoms with Gasteiger partial charge in [0.05, 0.1) is 5.69 Å². The number of carbonyl (C=O) groups is 1. The Morgan fingerprint density at radius 1 is 1.47 bits per heavy atom. The first-order valence-electron chi connectivity index (χ1n) is 4.40. The van der Waals surface area contributed by atoms with Gasteiger partial charge in [0, 0.05) is 18.5 Å². The van der Waals surface area contributed by atoms with Crippen LogP contribution in [-0.4, -0.2) is 15.9 Å². The molecule has 2 aromatic rings. The summed E-state index contributed by atoms with van der Waals surface area (Å²) in [6.07, 6.45) is 1.72. The van der Waals surface area contributed by atoms with E-state index >= 15 is 0 Å². The summed E-state index contributed by atoms with van der Waals surface area (Å²) in [6, 6.07) is 5.64. The molecule has 2 heterocycles. The minimum atomic E-state index is -0.118. The summed E-state index contributed by atoms with van der Waals surface area (Å²) in [6.45, 7) is 1.46. The number of carbonyl (C=O) groups excluding carboxylic acids is 1. The summed E-state index contributed by atoms with van der Waals surface area (Å²) in [5.74, 6) is 0.459. The zero-order valence-corrected chi connectivity index (χ0v) is 8.91. The first kappa shape index (κ1) is 9.79. The SMILES string of the molecule is CC(=O)Nc1csc(-c2ccccn2)n1. The van der Waals surface area contributed by atoms with Gasteiger partial charge in [-0.15, -0.1) is 11.3 Å². The maximum Gasteiger partial charge on any atom is 0.222 e. The minimum absolute atomic E-state index is 0.118. The molecule has 15 heavy (non-hydrogen) atoms. The Balaban J connectivity index is 2.24. The Bertz CT molecular complexity index is 467. The molecule has 2 aromatic heterocycles. The second kappa shape index (κ2) is 4.18. The number of nitrogens with one attached hydrogen (secondary N) is 1. The van der Waals surface area contributed by atoms with Crippen molar-refractivity contribution in [1.82, 2.24) is 9.97 Å². The second-order valence-electron chi connectivity index (χ2n) is 2.93. The van der Waals surface area contributed by atoms with E-state index in [-0.39, 0.29) is 5.91 Å². The van der Waals surface area contributed by atoms with Gasteiger partial charge in [0.2, 0.25) is 5.91 Å². The van der Waals surface area contributed by atoms with Crippen molar-refractivity contribution in [3.05, 3.63) is 29.8 Å². The summed E-state index contributed by atoms with van der Waals surface area (Å²) >= 11 is 1.46. The topological polar surface area (TPSA) is 54.9 Å². The summed E-state index contributed by atoms with van der Waals surface area (Å²) < 4.78 is 0. The van der Waals surface area contributed by atoms with E-state index in [2.05, 4.69) is 15.3 Å². The maximum absolute atomic E-state index is 10.8. The molecule has 1 N–H and O–H groups in total. The monoisotopic (exact) mass is 219 g/mol. The Hall–Kier alpha value is -1.75. The van der Waals surface area contributed by atoms with Crippen molar-refractivity contribution >= 4 is 23.1 Å². The fraction of sp³-hybridized carbons (Fsp3) is 0.100. The average Bonchev–Trinajstić information content (AvgIpc) is 2.67. The van der Waals surface area contributed by atoms with Crippen LogP contribution in [0, 0.1) is 0 Å². The van der Waals surface area contributed by atoms with Crippen LogP contribution in [0.1, 0.15) is 6.92 Å². The van der Waals surface area contributed by atoms with Crippen LogP contribution >= 0.6 is 11.3 Å². The van der Waals surface area contributed by atoms with Gasteiger partial charge in [-0.25, -0.2) is 4.98 Å². The normalized spacial score (nSPS) is 9.93. The molecule has 0 saturated carbocycles. The highest BCUT2D eigenvalue weighted by Gasteiger charge is 2.05. The van der Waals surface area contributed by atoms with Crippen LogP contribution in [0.5, 0.6) is 0 Å². The van der Waals surface area contributed by atoms with E-state index in [1.54, 1.807) is 11.6 Å². The maximum atomic E-state index is 10.8. The molecule has 76 valence electrons. The lowest BCUT2D eigenvalue weighted by molar-refractivity contribution is -0.114. The zero-order valence-electron chi connectivity index (χ0n) is 8.10. The first-order valence-corrected chi connectivity index (χ1v) is 5.28. The number of pyridine rings is 1. The molecular formula is C10H9N3OS. The molecule has 0 aromatic carbocycles. The van der Waals surface area contributed by atoms with E-state index in [0.717, 1.165) is 10.7 Å². The van der Waals surface area contributed by atoms with Crippen molar-refractivity contribution in [1.29, 1.82) is 0 Å². The molecule has 0 fully saturated rings. The first-order chi connectivity index (χ1) is 7.25. The van der Waals surface area contributed by atoms with Gasteiger partial charge in [-0.05, 0) is 12.1 Å². The van der Waals surface area contributed by atoms with Crippen LogP contribution in [0.3, 0.4) is 0 Å². The van der Waals surface area contributed by atoms with E-state index in [4.69, 9.17) is 0 Å². The van der Waals surface area contributed by atoms with Crippen molar-refractivity contribution in [2.45, 2.75) is 6.92 Å². The Morgan fingerprint density at radius 2 is 2.33 bits per heavy atom. The molecule has 0 unspecified atom stereocenters. The predicted molar refractivity (Wildman–Crippen MR) is 59.6 cm³/mol. The van der Waals surface area contributed by atoms with Gasteiger partial charge in [0.15, 0.2) is 0 Å². The summed E-state index contributed by atoms with van der Waals surface area (Å²) in [4.78, 5) is 19.2. The van der Waals surface area contributed by atoms with E-state index in [0.29, 0.717) is 5.82 Å². The largest absolute Gasteiger partial charge is 0.310 e. The third kappa shape index (κ3) is 2.38. The van der Waals surface area contributed by atoms with Crippen LogP contribution in [0.2, 0.25) is 0 Å². The minimum Gasteiger partial charge on any atom is -0.310 e. The van der Waals surface area contributed by atoms with Crippen molar-refractivity contribution in [2.75, 3.05) is 5.32 Å². The van der Waals surface area contributed by atoms with Crippen LogP contribution in [0.15, 0.2) is 29.8 Å². The molecule has 0 bridgehead atoms. The Morgan fingerprint density at radius 3 is 3.00 bits per heavy atom. The molecule has 1 amide bonds. The standard InChI is InChI=1S/C10H9N3OS/c1-7(14)12-9-6-15-10(13-9)8-4-2-3-5-11-8/h2-6H,1H3,(H,12,14). The predicted octanol–water partition coefficient (Wildman–Crippen LogP) is 2.16. The summed E-state index contributed by atoms with van der Waals surface area (Å²) in [5.41, 5.74) is 0.819. The van der Waals surface area contributed by atoms with E-state index in [1.165, 1.54) is 18.3 Å². The molecule has 0 aliphatic carbocycles. The smallest absolute Gasteiger partial charge is 0.222 e.